The van der Waals surface area contributed by atoms with E-state index < -0.39 is 26.4 Å². The zero-order chi connectivity index (χ0) is 21.3. The molecule has 9 heteroatoms. The monoisotopic (exact) mass is 444 g/mol. The lowest BCUT2D eigenvalue weighted by Crippen LogP contribution is -2.14. The first kappa shape index (κ1) is 20.1. The molecule has 0 aliphatic heterocycles. The van der Waals surface area contributed by atoms with Gasteiger partial charge in [-0.3, -0.25) is 10.1 Å². The Morgan fingerprint density at radius 1 is 0.967 bits per heavy atom. The second kappa shape index (κ2) is 7.92. The number of rotatable bonds is 5. The van der Waals surface area contributed by atoms with E-state index in [1.165, 1.54) is 23.5 Å². The number of carbonyl (C=O) groups excluding carboxylic acids is 1. The molecule has 0 saturated carbocycles. The molecule has 0 aliphatic rings. The molecule has 30 heavy (non-hydrogen) atoms. The van der Waals surface area contributed by atoms with Gasteiger partial charge in [0.05, 0.1) is 10.6 Å². The Labute approximate surface area is 174 Å². The molecule has 0 bridgehead atoms. The van der Waals surface area contributed by atoms with Crippen molar-refractivity contribution in [2.24, 2.45) is 0 Å². The quantitative estimate of drug-likeness (QED) is 0.458. The second-order valence-corrected chi connectivity index (χ2v) is 9.16. The highest BCUT2D eigenvalue weighted by Crippen LogP contribution is 2.28. The summed E-state index contributed by atoms with van der Waals surface area (Å²) in [5.41, 5.74) is 1.75. The predicted octanol–water partition coefficient (Wildman–Crippen LogP) is 5.21. The third-order valence-corrected chi connectivity index (χ3v) is 6.61. The van der Waals surface area contributed by atoms with Crippen LogP contribution in [0.1, 0.15) is 10.4 Å². The van der Waals surface area contributed by atoms with Gasteiger partial charge in [0, 0.05) is 16.5 Å². The molecular weight excluding hydrogens is 430 g/mol. The average Bonchev–Trinajstić information content (AvgIpc) is 3.21. The van der Waals surface area contributed by atoms with Crippen LogP contribution in [0.4, 0.5) is 13.9 Å². The van der Waals surface area contributed by atoms with Gasteiger partial charge in [0.1, 0.15) is 0 Å². The number of hydrogen-bond acceptors (Lipinski definition) is 5. The fourth-order valence-electron chi connectivity index (χ4n) is 2.88. The van der Waals surface area contributed by atoms with Gasteiger partial charge in [-0.1, -0.05) is 36.4 Å². The number of carbonyl (C=O) groups is 1. The normalized spacial score (nSPS) is 11.7. The molecule has 4 rings (SSSR count). The Morgan fingerprint density at radius 3 is 2.37 bits per heavy atom. The van der Waals surface area contributed by atoms with E-state index in [-0.39, 0.29) is 5.56 Å². The zero-order valence-corrected chi connectivity index (χ0v) is 16.9. The molecular formula is C21H14F2N2O3S2. The zero-order valence-electron chi connectivity index (χ0n) is 15.2. The number of benzene rings is 3. The summed E-state index contributed by atoms with van der Waals surface area (Å²) in [6, 6.07) is 18.2. The number of halogens is 2. The van der Waals surface area contributed by atoms with E-state index in [1.54, 1.807) is 0 Å². The molecule has 5 nitrogen and oxygen atoms in total. The Morgan fingerprint density at radius 2 is 1.67 bits per heavy atom. The van der Waals surface area contributed by atoms with Crippen molar-refractivity contribution in [2.75, 3.05) is 5.32 Å². The lowest BCUT2D eigenvalue weighted by molar-refractivity contribution is 0.102. The average molecular weight is 444 g/mol. The Balaban J connectivity index is 1.51. The van der Waals surface area contributed by atoms with E-state index in [2.05, 4.69) is 10.3 Å². The van der Waals surface area contributed by atoms with Gasteiger partial charge in [-0.2, -0.15) is 8.78 Å². The number of anilines is 1. The molecule has 0 unspecified atom stereocenters. The second-order valence-electron chi connectivity index (χ2n) is 6.38. The number of aromatic nitrogens is 1. The summed E-state index contributed by atoms with van der Waals surface area (Å²) < 4.78 is 48.1. The van der Waals surface area contributed by atoms with Gasteiger partial charge in [-0.05, 0) is 41.1 Å². The fourth-order valence-corrected chi connectivity index (χ4v) is 4.32. The summed E-state index contributed by atoms with van der Waals surface area (Å²) in [5.74, 6) is -4.03. The lowest BCUT2D eigenvalue weighted by atomic mass is 10.1. The molecule has 1 heterocycles. The maximum absolute atomic E-state index is 12.6. The van der Waals surface area contributed by atoms with Crippen LogP contribution in [0.2, 0.25) is 0 Å². The minimum Gasteiger partial charge on any atom is -0.298 e. The first-order chi connectivity index (χ1) is 14.3. The van der Waals surface area contributed by atoms with Crippen molar-refractivity contribution in [1.82, 2.24) is 4.98 Å². The van der Waals surface area contributed by atoms with E-state index in [9.17, 15) is 22.0 Å². The van der Waals surface area contributed by atoms with Gasteiger partial charge in [0.2, 0.25) is 9.84 Å². The van der Waals surface area contributed by atoms with Gasteiger partial charge in [0.15, 0.2) is 5.13 Å². The number of sulfone groups is 1. The van der Waals surface area contributed by atoms with Crippen molar-refractivity contribution >= 4 is 43.0 Å². The van der Waals surface area contributed by atoms with Crippen LogP contribution in [-0.2, 0) is 9.84 Å². The number of hydrogen-bond donors (Lipinski definition) is 1. The summed E-state index contributed by atoms with van der Waals surface area (Å²) >= 11 is 1.25. The molecule has 0 fully saturated rings. The Bertz CT molecular complexity index is 1330. The first-order valence-corrected chi connectivity index (χ1v) is 11.2. The van der Waals surface area contributed by atoms with Crippen LogP contribution in [-0.4, -0.2) is 25.1 Å². The highest BCUT2D eigenvalue weighted by Gasteiger charge is 2.26. The molecule has 3 aromatic carbocycles. The smallest absolute Gasteiger partial charge is 0.298 e. The number of nitrogens with zero attached hydrogens (tertiary/aromatic N) is 1. The minimum absolute atomic E-state index is 0.130. The Hall–Kier alpha value is -3.17. The minimum atomic E-state index is -4.70. The molecule has 1 amide bonds. The summed E-state index contributed by atoms with van der Waals surface area (Å²) in [4.78, 5) is 16.3. The van der Waals surface area contributed by atoms with Crippen molar-refractivity contribution in [2.45, 2.75) is 10.7 Å². The van der Waals surface area contributed by atoms with Crippen molar-refractivity contribution in [3.8, 4) is 11.3 Å². The molecule has 1 aromatic heterocycles. The summed E-state index contributed by atoms with van der Waals surface area (Å²) in [6.45, 7) is 0. The molecule has 0 aliphatic carbocycles. The van der Waals surface area contributed by atoms with Gasteiger partial charge in [-0.15, -0.1) is 11.3 Å². The number of alkyl halides is 2. The topological polar surface area (TPSA) is 76.1 Å². The molecule has 1 N–H and O–H groups in total. The molecule has 0 spiro atoms. The van der Waals surface area contributed by atoms with Crippen LogP contribution in [0, 0.1) is 0 Å². The number of nitrogens with one attached hydrogen (secondary N) is 1. The van der Waals surface area contributed by atoms with Crippen LogP contribution < -0.4 is 5.32 Å². The Kier molecular flexibility index (Phi) is 5.31. The van der Waals surface area contributed by atoms with Gasteiger partial charge < -0.3 is 0 Å². The number of fused-ring (bicyclic) bond motifs is 1. The summed E-state index contributed by atoms with van der Waals surface area (Å²) in [6.07, 6.45) is 0. The van der Waals surface area contributed by atoms with E-state index in [1.807, 2.05) is 47.8 Å². The molecule has 4 aromatic rings. The highest BCUT2D eigenvalue weighted by molar-refractivity contribution is 7.91. The third kappa shape index (κ3) is 3.94. The van der Waals surface area contributed by atoms with Gasteiger partial charge in [-0.25, -0.2) is 13.4 Å². The summed E-state index contributed by atoms with van der Waals surface area (Å²) in [7, 11) is -4.70. The maximum atomic E-state index is 12.6. The third-order valence-electron chi connectivity index (χ3n) is 4.45. The van der Waals surface area contributed by atoms with Crippen LogP contribution in [0.15, 0.2) is 77.0 Å². The van der Waals surface area contributed by atoms with Crippen molar-refractivity contribution in [1.29, 1.82) is 0 Å². The lowest BCUT2D eigenvalue weighted by Gasteiger charge is -2.05. The van der Waals surface area contributed by atoms with Crippen molar-refractivity contribution < 1.29 is 22.0 Å². The SMILES string of the molecule is O=C(Nc1nc(-c2ccc3ccccc3c2)cs1)c1ccc(S(=O)(=O)C(F)F)cc1. The van der Waals surface area contributed by atoms with E-state index in [4.69, 9.17) is 0 Å². The standard InChI is InChI=1S/C21H14F2N2O3S2/c22-20(23)30(27,28)17-9-7-14(8-10-17)19(26)25-21-24-18(12-29-21)16-6-5-13-3-1-2-4-15(13)11-16/h1-12,20H,(H,24,25,26). The maximum Gasteiger partial charge on any atom is 0.341 e. The van der Waals surface area contributed by atoms with E-state index >= 15 is 0 Å². The van der Waals surface area contributed by atoms with Gasteiger partial charge >= 0.3 is 5.76 Å². The number of amides is 1. The number of thiazole rings is 1. The molecule has 152 valence electrons. The van der Waals surface area contributed by atoms with Crippen molar-refractivity contribution in [3.05, 3.63) is 77.7 Å². The first-order valence-electron chi connectivity index (χ1n) is 8.73. The summed E-state index contributed by atoms with van der Waals surface area (Å²) in [5, 5.41) is 7.01. The highest BCUT2D eigenvalue weighted by atomic mass is 32.2. The fraction of sp³-hybridized carbons (Fsp3) is 0.0476. The molecule has 0 saturated heterocycles. The van der Waals surface area contributed by atoms with Crippen LogP contribution >= 0.6 is 11.3 Å². The molecule has 0 radical (unpaired) electrons. The van der Waals surface area contributed by atoms with Crippen LogP contribution in [0.25, 0.3) is 22.0 Å². The molecule has 0 atom stereocenters. The van der Waals surface area contributed by atoms with Crippen LogP contribution in [0.3, 0.4) is 0 Å². The van der Waals surface area contributed by atoms with Gasteiger partial charge in [0.25, 0.3) is 5.91 Å². The van der Waals surface area contributed by atoms with Crippen LogP contribution in [0.5, 0.6) is 0 Å². The van der Waals surface area contributed by atoms with Crippen molar-refractivity contribution in [3.63, 3.8) is 0 Å². The largest absolute Gasteiger partial charge is 0.341 e. The van der Waals surface area contributed by atoms with E-state index in [0.29, 0.717) is 10.8 Å². The predicted molar refractivity (Wildman–Crippen MR) is 113 cm³/mol. The van der Waals surface area contributed by atoms with E-state index in [0.717, 1.165) is 28.5 Å².